The van der Waals surface area contributed by atoms with Gasteiger partial charge in [0.1, 0.15) is 5.75 Å². The topological polar surface area (TPSA) is 48.2 Å². The fraction of sp³-hybridized carbons (Fsp3) is 0.333. The maximum Gasteiger partial charge on any atom is 0.251 e. The Labute approximate surface area is 115 Å². The molecule has 0 aliphatic heterocycles. The highest BCUT2D eigenvalue weighted by Crippen LogP contribution is 2.31. The Bertz CT molecular complexity index is 529. The molecule has 1 heterocycles. The van der Waals surface area contributed by atoms with Gasteiger partial charge in [0.2, 0.25) is 5.89 Å². The van der Waals surface area contributed by atoms with Gasteiger partial charge < -0.3 is 9.15 Å². The molecular weight excluding hydrogens is 275 g/mol. The van der Waals surface area contributed by atoms with Gasteiger partial charge in [0.25, 0.3) is 5.89 Å². The van der Waals surface area contributed by atoms with Crippen molar-refractivity contribution in [2.24, 2.45) is 0 Å². The van der Waals surface area contributed by atoms with Crippen molar-refractivity contribution >= 4 is 23.2 Å². The summed E-state index contributed by atoms with van der Waals surface area (Å²) in [6.45, 7) is 0. The second-order valence-electron chi connectivity index (χ2n) is 3.64. The Morgan fingerprint density at radius 3 is 2.89 bits per heavy atom. The van der Waals surface area contributed by atoms with E-state index in [4.69, 9.17) is 32.4 Å². The van der Waals surface area contributed by atoms with Crippen molar-refractivity contribution < 1.29 is 9.15 Å². The minimum absolute atomic E-state index is 0.402. The summed E-state index contributed by atoms with van der Waals surface area (Å²) in [5.41, 5.74) is 0.689. The van der Waals surface area contributed by atoms with Gasteiger partial charge in [-0.1, -0.05) is 11.6 Å². The van der Waals surface area contributed by atoms with Crippen LogP contribution in [0, 0.1) is 0 Å². The van der Waals surface area contributed by atoms with Gasteiger partial charge in [-0.05, 0) is 24.6 Å². The van der Waals surface area contributed by atoms with Crippen molar-refractivity contribution in [1.82, 2.24) is 10.2 Å². The van der Waals surface area contributed by atoms with E-state index in [1.807, 2.05) is 0 Å². The summed E-state index contributed by atoms with van der Waals surface area (Å²) in [5, 5.41) is 8.54. The average Bonchev–Trinajstić information content (AvgIpc) is 2.85. The molecule has 96 valence electrons. The van der Waals surface area contributed by atoms with Crippen molar-refractivity contribution in [2.45, 2.75) is 12.8 Å². The number of halogens is 2. The first kappa shape index (κ1) is 13.2. The quantitative estimate of drug-likeness (QED) is 0.789. The third-order valence-corrected chi connectivity index (χ3v) is 2.89. The van der Waals surface area contributed by atoms with Crippen LogP contribution in [0.4, 0.5) is 0 Å². The molecule has 0 aliphatic rings. The first-order chi connectivity index (χ1) is 8.74. The van der Waals surface area contributed by atoms with E-state index in [-0.39, 0.29) is 0 Å². The van der Waals surface area contributed by atoms with Crippen LogP contribution in [0.3, 0.4) is 0 Å². The lowest BCUT2D eigenvalue weighted by Crippen LogP contribution is -1.87. The smallest absolute Gasteiger partial charge is 0.251 e. The van der Waals surface area contributed by atoms with Gasteiger partial charge in [0.05, 0.1) is 12.7 Å². The van der Waals surface area contributed by atoms with Crippen LogP contribution in [-0.4, -0.2) is 23.2 Å². The molecule has 0 saturated heterocycles. The van der Waals surface area contributed by atoms with Crippen LogP contribution in [0.25, 0.3) is 11.5 Å². The summed E-state index contributed by atoms with van der Waals surface area (Å²) in [5.74, 6) is 2.18. The number of ether oxygens (including phenoxy) is 1. The highest BCUT2D eigenvalue weighted by Gasteiger charge is 2.13. The molecule has 0 fully saturated rings. The summed E-state index contributed by atoms with van der Waals surface area (Å²) in [4.78, 5) is 0. The lowest BCUT2D eigenvalue weighted by molar-refractivity contribution is 0.413. The fourth-order valence-corrected chi connectivity index (χ4v) is 1.83. The van der Waals surface area contributed by atoms with E-state index < -0.39 is 0 Å². The maximum absolute atomic E-state index is 5.95. The lowest BCUT2D eigenvalue weighted by Gasteiger charge is -2.04. The zero-order valence-electron chi connectivity index (χ0n) is 9.82. The van der Waals surface area contributed by atoms with Crippen molar-refractivity contribution in [3.05, 3.63) is 29.1 Å². The number of alkyl halides is 1. The molecule has 0 aliphatic carbocycles. The zero-order valence-corrected chi connectivity index (χ0v) is 11.3. The molecule has 6 heteroatoms. The summed E-state index contributed by atoms with van der Waals surface area (Å²) >= 11 is 11.6. The molecule has 1 aromatic carbocycles. The predicted octanol–water partition coefficient (Wildman–Crippen LogP) is 3.57. The average molecular weight is 287 g/mol. The summed E-state index contributed by atoms with van der Waals surface area (Å²) in [7, 11) is 1.58. The van der Waals surface area contributed by atoms with E-state index >= 15 is 0 Å². The number of rotatable bonds is 5. The van der Waals surface area contributed by atoms with Crippen LogP contribution in [0.5, 0.6) is 5.75 Å². The third kappa shape index (κ3) is 2.94. The molecule has 0 saturated carbocycles. The van der Waals surface area contributed by atoms with Crippen LogP contribution in [-0.2, 0) is 6.42 Å². The van der Waals surface area contributed by atoms with Gasteiger partial charge in [-0.15, -0.1) is 21.8 Å². The predicted molar refractivity (Wildman–Crippen MR) is 70.3 cm³/mol. The number of hydrogen-bond donors (Lipinski definition) is 0. The van der Waals surface area contributed by atoms with Crippen molar-refractivity contribution in [3.63, 3.8) is 0 Å². The van der Waals surface area contributed by atoms with Crippen molar-refractivity contribution in [2.75, 3.05) is 13.0 Å². The molecule has 0 amide bonds. The molecule has 4 nitrogen and oxygen atoms in total. The minimum atomic E-state index is 0.402. The highest BCUT2D eigenvalue weighted by molar-refractivity contribution is 6.30. The summed E-state index contributed by atoms with van der Waals surface area (Å²) in [6, 6.07) is 5.24. The SMILES string of the molecule is COc1ccc(Cl)cc1-c1nnc(CCCCl)o1. The second kappa shape index (κ2) is 6.07. The molecule has 0 spiro atoms. The third-order valence-electron chi connectivity index (χ3n) is 2.38. The normalized spacial score (nSPS) is 10.6. The molecular formula is C12H12Cl2N2O2. The Balaban J connectivity index is 2.30. The number of aryl methyl sites for hydroxylation is 1. The number of benzene rings is 1. The number of hydrogen-bond acceptors (Lipinski definition) is 4. The van der Waals surface area contributed by atoms with Gasteiger partial charge >= 0.3 is 0 Å². The molecule has 0 N–H and O–H groups in total. The standard InChI is InChI=1S/C12H12Cl2N2O2/c1-17-10-5-4-8(14)7-9(10)12-16-15-11(18-12)3-2-6-13/h4-5,7H,2-3,6H2,1H3. The van der Waals surface area contributed by atoms with Gasteiger partial charge in [-0.25, -0.2) is 0 Å². The van der Waals surface area contributed by atoms with E-state index in [0.717, 1.165) is 6.42 Å². The van der Waals surface area contributed by atoms with E-state index in [1.54, 1.807) is 25.3 Å². The maximum atomic E-state index is 5.95. The first-order valence-corrected chi connectivity index (χ1v) is 6.38. The first-order valence-electron chi connectivity index (χ1n) is 5.47. The van der Waals surface area contributed by atoms with E-state index in [0.29, 0.717) is 40.4 Å². The molecule has 0 atom stereocenters. The monoisotopic (exact) mass is 286 g/mol. The minimum Gasteiger partial charge on any atom is -0.496 e. The number of methoxy groups -OCH3 is 1. The van der Waals surface area contributed by atoms with Gasteiger partial charge in [-0.2, -0.15) is 0 Å². The van der Waals surface area contributed by atoms with E-state index in [2.05, 4.69) is 10.2 Å². The Hall–Kier alpha value is -1.26. The Morgan fingerprint density at radius 1 is 1.33 bits per heavy atom. The fourth-order valence-electron chi connectivity index (χ4n) is 1.53. The van der Waals surface area contributed by atoms with Gasteiger partial charge in [0, 0.05) is 17.3 Å². The van der Waals surface area contributed by atoms with Crippen LogP contribution in [0.1, 0.15) is 12.3 Å². The zero-order chi connectivity index (χ0) is 13.0. The summed E-state index contributed by atoms with van der Waals surface area (Å²) < 4.78 is 10.8. The lowest BCUT2D eigenvalue weighted by atomic mass is 10.2. The highest BCUT2D eigenvalue weighted by atomic mass is 35.5. The Morgan fingerprint density at radius 2 is 2.17 bits per heavy atom. The van der Waals surface area contributed by atoms with Crippen LogP contribution in [0.2, 0.25) is 5.02 Å². The molecule has 0 bridgehead atoms. The van der Waals surface area contributed by atoms with E-state index in [9.17, 15) is 0 Å². The van der Waals surface area contributed by atoms with E-state index in [1.165, 1.54) is 0 Å². The largest absolute Gasteiger partial charge is 0.496 e. The Kier molecular flexibility index (Phi) is 4.44. The van der Waals surface area contributed by atoms with Crippen LogP contribution in [0.15, 0.2) is 22.6 Å². The van der Waals surface area contributed by atoms with Crippen LogP contribution >= 0.6 is 23.2 Å². The van der Waals surface area contributed by atoms with Crippen molar-refractivity contribution in [3.8, 4) is 17.2 Å². The molecule has 2 rings (SSSR count). The molecule has 1 aromatic heterocycles. The molecule has 2 aromatic rings. The summed E-state index contributed by atoms with van der Waals surface area (Å²) in [6.07, 6.45) is 1.47. The molecule has 18 heavy (non-hydrogen) atoms. The second-order valence-corrected chi connectivity index (χ2v) is 4.45. The van der Waals surface area contributed by atoms with Gasteiger partial charge in [-0.3, -0.25) is 0 Å². The van der Waals surface area contributed by atoms with Crippen molar-refractivity contribution in [1.29, 1.82) is 0 Å². The number of aromatic nitrogens is 2. The molecule has 0 unspecified atom stereocenters. The molecule has 0 radical (unpaired) electrons. The number of nitrogens with zero attached hydrogens (tertiary/aromatic N) is 2. The van der Waals surface area contributed by atoms with Gasteiger partial charge in [0.15, 0.2) is 0 Å². The van der Waals surface area contributed by atoms with Crippen LogP contribution < -0.4 is 4.74 Å².